The van der Waals surface area contributed by atoms with Crippen molar-refractivity contribution >= 4 is 6.08 Å². The topological polar surface area (TPSA) is 0 Å². The Kier molecular flexibility index (Phi) is 5.04. The highest BCUT2D eigenvalue weighted by Crippen LogP contribution is 2.64. The molecule has 1 unspecified atom stereocenters. The Morgan fingerprint density at radius 3 is 1.57 bits per heavy atom. The summed E-state index contributed by atoms with van der Waals surface area (Å²) in [5.74, 6) is 0.376. The first kappa shape index (κ1) is 22.1. The molecule has 37 heavy (non-hydrogen) atoms. The number of allylic oxidation sites excluding steroid dienone is 1. The monoisotopic (exact) mass is 474 g/mol. The first-order valence-electron chi connectivity index (χ1n) is 13.3. The van der Waals surface area contributed by atoms with E-state index < -0.39 is 0 Å². The van der Waals surface area contributed by atoms with Crippen molar-refractivity contribution in [2.75, 3.05) is 0 Å². The maximum absolute atomic E-state index is 2.43. The summed E-state index contributed by atoms with van der Waals surface area (Å²) in [5.41, 5.74) is 13.6. The maximum Gasteiger partial charge on any atom is 0.0418 e. The Labute approximate surface area is 220 Å². The molecule has 1 atom stereocenters. The Bertz CT molecular complexity index is 1550. The van der Waals surface area contributed by atoms with Crippen molar-refractivity contribution < 1.29 is 0 Å². The Hall–Kier alpha value is -4.16. The van der Waals surface area contributed by atoms with E-state index in [1.165, 1.54) is 55.6 Å². The van der Waals surface area contributed by atoms with Gasteiger partial charge in [-0.25, -0.2) is 0 Å². The molecule has 0 saturated carbocycles. The molecule has 2 aliphatic carbocycles. The summed E-state index contributed by atoms with van der Waals surface area (Å²) in [6, 6.07) is 47.5. The molecular weight excluding hydrogens is 444 g/mol. The van der Waals surface area contributed by atoms with E-state index in [1.54, 1.807) is 0 Å². The van der Waals surface area contributed by atoms with Crippen molar-refractivity contribution in [3.05, 3.63) is 172 Å². The molecule has 178 valence electrons. The highest BCUT2D eigenvalue weighted by molar-refractivity contribution is 5.82. The van der Waals surface area contributed by atoms with Gasteiger partial charge in [0.15, 0.2) is 0 Å². The summed E-state index contributed by atoms with van der Waals surface area (Å²) in [6.45, 7) is 4.63. The van der Waals surface area contributed by atoms with Crippen LogP contribution in [0.4, 0.5) is 0 Å². The molecular formula is C37H30. The zero-order valence-corrected chi connectivity index (χ0v) is 21.4. The average Bonchev–Trinajstić information content (AvgIpc) is 3.47. The van der Waals surface area contributed by atoms with Gasteiger partial charge in [-0.3, -0.25) is 0 Å². The third-order valence-electron chi connectivity index (χ3n) is 8.73. The SMILES string of the molecule is CC1=Cc2cccc(C)c2C1C(c1ccccc1)(c1ccccc1)C1c2ccccc2-c2ccccc21. The van der Waals surface area contributed by atoms with Gasteiger partial charge >= 0.3 is 0 Å². The lowest BCUT2D eigenvalue weighted by Crippen LogP contribution is -2.41. The number of fused-ring (bicyclic) bond motifs is 4. The predicted octanol–water partition coefficient (Wildman–Crippen LogP) is 9.29. The quantitative estimate of drug-likeness (QED) is 0.243. The summed E-state index contributed by atoms with van der Waals surface area (Å²) in [4.78, 5) is 0. The summed E-state index contributed by atoms with van der Waals surface area (Å²) < 4.78 is 0. The molecule has 0 heteroatoms. The zero-order chi connectivity index (χ0) is 25.0. The van der Waals surface area contributed by atoms with Crippen molar-refractivity contribution in [2.45, 2.75) is 31.1 Å². The number of hydrogen-bond donors (Lipinski definition) is 0. The van der Waals surface area contributed by atoms with Gasteiger partial charge in [-0.2, -0.15) is 0 Å². The minimum atomic E-state index is -0.330. The lowest BCUT2D eigenvalue weighted by Gasteiger charge is -2.47. The van der Waals surface area contributed by atoms with Crippen LogP contribution in [0.5, 0.6) is 0 Å². The zero-order valence-electron chi connectivity index (χ0n) is 21.4. The van der Waals surface area contributed by atoms with Crippen molar-refractivity contribution in [1.82, 2.24) is 0 Å². The van der Waals surface area contributed by atoms with Gasteiger partial charge in [-0.1, -0.05) is 139 Å². The molecule has 0 spiro atoms. The van der Waals surface area contributed by atoms with Crippen molar-refractivity contribution in [1.29, 1.82) is 0 Å². The van der Waals surface area contributed by atoms with Crippen LogP contribution in [0.1, 0.15) is 57.7 Å². The van der Waals surface area contributed by atoms with Crippen molar-refractivity contribution in [3.8, 4) is 11.1 Å². The molecule has 0 amide bonds. The Morgan fingerprint density at radius 2 is 1.00 bits per heavy atom. The number of benzene rings is 5. The van der Waals surface area contributed by atoms with Crippen LogP contribution >= 0.6 is 0 Å². The molecule has 0 aliphatic heterocycles. The summed E-state index contributed by atoms with van der Waals surface area (Å²) in [6.07, 6.45) is 2.43. The van der Waals surface area contributed by atoms with Gasteiger partial charge in [0.2, 0.25) is 0 Å². The second-order valence-corrected chi connectivity index (χ2v) is 10.6. The lowest BCUT2D eigenvalue weighted by molar-refractivity contribution is 0.404. The number of rotatable bonds is 4. The van der Waals surface area contributed by atoms with Crippen LogP contribution in [0, 0.1) is 6.92 Å². The molecule has 0 radical (unpaired) electrons. The van der Waals surface area contributed by atoms with Gasteiger partial charge in [0.1, 0.15) is 0 Å². The van der Waals surface area contributed by atoms with E-state index in [0.717, 1.165) is 0 Å². The Balaban J connectivity index is 1.67. The smallest absolute Gasteiger partial charge is 0.0418 e. The fourth-order valence-electron chi connectivity index (χ4n) is 7.44. The first-order chi connectivity index (χ1) is 18.2. The van der Waals surface area contributed by atoms with Crippen LogP contribution < -0.4 is 0 Å². The van der Waals surface area contributed by atoms with E-state index in [-0.39, 0.29) is 17.3 Å². The molecule has 0 fully saturated rings. The minimum absolute atomic E-state index is 0.170. The third-order valence-corrected chi connectivity index (χ3v) is 8.73. The van der Waals surface area contributed by atoms with Gasteiger partial charge < -0.3 is 0 Å². The van der Waals surface area contributed by atoms with E-state index in [2.05, 4.69) is 147 Å². The minimum Gasteiger partial charge on any atom is -0.0639 e. The fourth-order valence-corrected chi connectivity index (χ4v) is 7.44. The van der Waals surface area contributed by atoms with Crippen LogP contribution in [0.2, 0.25) is 0 Å². The van der Waals surface area contributed by atoms with E-state index in [1.807, 2.05) is 0 Å². The van der Waals surface area contributed by atoms with Crippen LogP contribution in [0.3, 0.4) is 0 Å². The second-order valence-electron chi connectivity index (χ2n) is 10.6. The molecule has 7 rings (SSSR count). The molecule has 5 aromatic rings. The van der Waals surface area contributed by atoms with Crippen LogP contribution in [-0.2, 0) is 5.41 Å². The van der Waals surface area contributed by atoms with E-state index in [0.29, 0.717) is 0 Å². The second kappa shape index (κ2) is 8.46. The largest absolute Gasteiger partial charge is 0.0639 e. The molecule has 2 aliphatic rings. The number of aryl methyl sites for hydroxylation is 1. The van der Waals surface area contributed by atoms with Crippen LogP contribution in [0.25, 0.3) is 17.2 Å². The van der Waals surface area contributed by atoms with Crippen LogP contribution in [0.15, 0.2) is 133 Å². The standard InChI is InChI=1S/C37H30/c1-25-14-13-15-27-24-26(2)35(34(25)27)37(28-16-5-3-6-17-28,29-18-7-4-8-19-29)36-32-22-11-9-20-30(32)31-21-10-12-23-33(31)36/h3-24,35-36H,1-2H3. The molecule has 0 bridgehead atoms. The van der Waals surface area contributed by atoms with Gasteiger partial charge in [-0.15, -0.1) is 0 Å². The van der Waals surface area contributed by atoms with Crippen molar-refractivity contribution in [3.63, 3.8) is 0 Å². The normalized spacial score (nSPS) is 16.2. The molecule has 0 saturated heterocycles. The highest BCUT2D eigenvalue weighted by Gasteiger charge is 2.54. The molecule has 5 aromatic carbocycles. The van der Waals surface area contributed by atoms with Gasteiger partial charge in [0.25, 0.3) is 0 Å². The average molecular weight is 475 g/mol. The summed E-state index contributed by atoms with van der Waals surface area (Å²) in [7, 11) is 0. The Morgan fingerprint density at radius 1 is 0.486 bits per heavy atom. The highest BCUT2D eigenvalue weighted by atomic mass is 14.6. The predicted molar refractivity (Wildman–Crippen MR) is 155 cm³/mol. The van der Waals surface area contributed by atoms with E-state index >= 15 is 0 Å². The molecule has 0 N–H and O–H groups in total. The van der Waals surface area contributed by atoms with Crippen molar-refractivity contribution in [2.24, 2.45) is 0 Å². The summed E-state index contributed by atoms with van der Waals surface area (Å²) >= 11 is 0. The van der Waals surface area contributed by atoms with Crippen LogP contribution in [-0.4, -0.2) is 0 Å². The molecule has 0 aromatic heterocycles. The maximum atomic E-state index is 2.43. The van der Waals surface area contributed by atoms with E-state index in [4.69, 9.17) is 0 Å². The lowest BCUT2D eigenvalue weighted by atomic mass is 9.54. The third kappa shape index (κ3) is 3.09. The summed E-state index contributed by atoms with van der Waals surface area (Å²) in [5, 5.41) is 0. The van der Waals surface area contributed by atoms with Gasteiger partial charge in [0, 0.05) is 17.3 Å². The molecule has 0 nitrogen and oxygen atoms in total. The first-order valence-corrected chi connectivity index (χ1v) is 13.3. The molecule has 0 heterocycles. The fraction of sp³-hybridized carbons (Fsp3) is 0.135. The van der Waals surface area contributed by atoms with E-state index in [9.17, 15) is 0 Å². The number of hydrogen-bond acceptors (Lipinski definition) is 0. The van der Waals surface area contributed by atoms with Gasteiger partial charge in [0.05, 0.1) is 0 Å². The van der Waals surface area contributed by atoms with Gasteiger partial charge in [-0.05, 0) is 63.9 Å².